The highest BCUT2D eigenvalue weighted by Crippen LogP contribution is 2.23. The Bertz CT molecular complexity index is 514. The van der Waals surface area contributed by atoms with Crippen molar-refractivity contribution in [1.82, 2.24) is 10.2 Å². The van der Waals surface area contributed by atoms with Crippen molar-refractivity contribution in [2.45, 2.75) is 0 Å². The van der Waals surface area contributed by atoms with E-state index in [1.807, 2.05) is 12.1 Å². The highest BCUT2D eigenvalue weighted by Gasteiger charge is 2.08. The Morgan fingerprint density at radius 2 is 2.06 bits per heavy atom. The van der Waals surface area contributed by atoms with Crippen molar-refractivity contribution in [1.29, 1.82) is 0 Å². The van der Waals surface area contributed by atoms with E-state index >= 15 is 0 Å². The summed E-state index contributed by atoms with van der Waals surface area (Å²) in [5.74, 6) is 0.368. The first kappa shape index (κ1) is 11.1. The van der Waals surface area contributed by atoms with Crippen LogP contribution < -0.4 is 10.1 Å². The normalized spacial score (nSPS) is 9.71. The molecule has 0 saturated carbocycles. The summed E-state index contributed by atoms with van der Waals surface area (Å²) in [5.41, 5.74) is 1.07. The molecular weight excluding hydrogens is 218 g/mol. The summed E-state index contributed by atoms with van der Waals surface area (Å²) in [7, 11) is 1.55. The third-order valence-electron chi connectivity index (χ3n) is 2.20. The van der Waals surface area contributed by atoms with E-state index < -0.39 is 0 Å². The Morgan fingerprint density at radius 1 is 1.24 bits per heavy atom. The molecule has 0 aliphatic carbocycles. The van der Waals surface area contributed by atoms with Crippen molar-refractivity contribution < 1.29 is 9.53 Å². The molecule has 1 heterocycles. The number of carbonyl (C=O) groups is 1. The van der Waals surface area contributed by atoms with Crippen LogP contribution in [-0.4, -0.2) is 23.2 Å². The quantitative estimate of drug-likeness (QED) is 0.870. The van der Waals surface area contributed by atoms with E-state index in [-0.39, 0.29) is 5.91 Å². The maximum atomic E-state index is 11.8. The van der Waals surface area contributed by atoms with Crippen LogP contribution in [0.5, 0.6) is 5.75 Å². The highest BCUT2D eigenvalue weighted by atomic mass is 16.5. The lowest BCUT2D eigenvalue weighted by molar-refractivity contribution is 0.102. The number of hydrogen-bond donors (Lipinski definition) is 1. The van der Waals surface area contributed by atoms with Gasteiger partial charge in [0.2, 0.25) is 0 Å². The number of methoxy groups -OCH3 is 1. The fraction of sp³-hybridized carbons (Fsp3) is 0.0833. The zero-order chi connectivity index (χ0) is 12.1. The summed E-state index contributed by atoms with van der Waals surface area (Å²) in [6, 6.07) is 8.80. The Kier molecular flexibility index (Phi) is 3.30. The van der Waals surface area contributed by atoms with Gasteiger partial charge in [0.15, 0.2) is 0 Å². The molecule has 1 N–H and O–H groups in total. The van der Waals surface area contributed by atoms with Gasteiger partial charge in [-0.15, -0.1) is 0 Å². The first-order valence-corrected chi connectivity index (χ1v) is 5.02. The number of amides is 1. The van der Waals surface area contributed by atoms with E-state index in [1.165, 1.54) is 12.4 Å². The largest absolute Gasteiger partial charge is 0.495 e. The molecule has 2 aromatic rings. The van der Waals surface area contributed by atoms with Crippen LogP contribution in [-0.2, 0) is 0 Å². The number of carbonyl (C=O) groups excluding carboxylic acids is 1. The number of rotatable bonds is 3. The second kappa shape index (κ2) is 5.07. The second-order valence-corrected chi connectivity index (χ2v) is 3.29. The second-order valence-electron chi connectivity index (χ2n) is 3.29. The first-order chi connectivity index (χ1) is 8.31. The van der Waals surface area contributed by atoms with Crippen molar-refractivity contribution in [2.24, 2.45) is 0 Å². The number of ether oxygens (including phenoxy) is 1. The van der Waals surface area contributed by atoms with Crippen molar-refractivity contribution in [2.75, 3.05) is 12.4 Å². The number of anilines is 1. The van der Waals surface area contributed by atoms with Crippen molar-refractivity contribution >= 4 is 11.6 Å². The molecule has 0 fully saturated rings. The molecule has 0 aliphatic heterocycles. The van der Waals surface area contributed by atoms with E-state index in [1.54, 1.807) is 25.3 Å². The molecule has 0 spiro atoms. The van der Waals surface area contributed by atoms with Crippen LogP contribution in [0.3, 0.4) is 0 Å². The molecule has 0 atom stereocenters. The van der Waals surface area contributed by atoms with Gasteiger partial charge in [-0.2, -0.15) is 10.2 Å². The number of para-hydroxylation sites is 2. The fourth-order valence-electron chi connectivity index (χ4n) is 1.37. The minimum atomic E-state index is -0.246. The number of nitrogens with zero attached hydrogens (tertiary/aromatic N) is 2. The number of hydrogen-bond acceptors (Lipinski definition) is 4. The molecule has 1 aromatic carbocycles. The van der Waals surface area contributed by atoms with Gasteiger partial charge in [-0.1, -0.05) is 12.1 Å². The lowest BCUT2D eigenvalue weighted by Gasteiger charge is -2.09. The lowest BCUT2D eigenvalue weighted by Crippen LogP contribution is -2.12. The molecule has 1 amide bonds. The lowest BCUT2D eigenvalue weighted by atomic mass is 10.2. The fourth-order valence-corrected chi connectivity index (χ4v) is 1.37. The number of nitrogens with one attached hydrogen (secondary N) is 1. The van der Waals surface area contributed by atoms with Crippen LogP contribution >= 0.6 is 0 Å². The van der Waals surface area contributed by atoms with Gasteiger partial charge in [-0.05, 0) is 18.2 Å². The SMILES string of the molecule is COc1ccccc1NC(=O)c1ccnnc1. The zero-order valence-electron chi connectivity index (χ0n) is 9.25. The highest BCUT2D eigenvalue weighted by molar-refractivity contribution is 6.04. The maximum Gasteiger partial charge on any atom is 0.257 e. The Morgan fingerprint density at radius 3 is 2.76 bits per heavy atom. The average Bonchev–Trinajstić information content (AvgIpc) is 2.40. The third-order valence-corrected chi connectivity index (χ3v) is 2.20. The van der Waals surface area contributed by atoms with E-state index in [0.29, 0.717) is 17.0 Å². The van der Waals surface area contributed by atoms with E-state index in [0.717, 1.165) is 0 Å². The van der Waals surface area contributed by atoms with Gasteiger partial charge in [-0.3, -0.25) is 4.79 Å². The molecule has 1 aromatic heterocycles. The molecular formula is C12H11N3O2. The van der Waals surface area contributed by atoms with E-state index in [4.69, 9.17) is 4.74 Å². The molecule has 0 bridgehead atoms. The minimum Gasteiger partial charge on any atom is -0.495 e. The number of aromatic nitrogens is 2. The van der Waals surface area contributed by atoms with Crippen LogP contribution in [0.15, 0.2) is 42.7 Å². The van der Waals surface area contributed by atoms with Crippen molar-refractivity contribution in [3.8, 4) is 5.75 Å². The maximum absolute atomic E-state index is 11.8. The summed E-state index contributed by atoms with van der Waals surface area (Å²) in [5, 5.41) is 10.0. The van der Waals surface area contributed by atoms with Crippen LogP contribution in [0.1, 0.15) is 10.4 Å². The van der Waals surface area contributed by atoms with Crippen LogP contribution in [0.2, 0.25) is 0 Å². The third kappa shape index (κ3) is 2.57. The first-order valence-electron chi connectivity index (χ1n) is 5.02. The summed E-state index contributed by atoms with van der Waals surface area (Å²) in [4.78, 5) is 11.8. The predicted octanol–water partition coefficient (Wildman–Crippen LogP) is 1.74. The zero-order valence-corrected chi connectivity index (χ0v) is 9.25. The smallest absolute Gasteiger partial charge is 0.257 e. The van der Waals surface area contributed by atoms with Gasteiger partial charge in [0.05, 0.1) is 30.8 Å². The van der Waals surface area contributed by atoms with Crippen LogP contribution in [0.4, 0.5) is 5.69 Å². The minimum absolute atomic E-state index is 0.246. The van der Waals surface area contributed by atoms with Gasteiger partial charge in [0, 0.05) is 0 Å². The summed E-state index contributed by atoms with van der Waals surface area (Å²) < 4.78 is 5.14. The number of benzene rings is 1. The molecule has 5 nitrogen and oxygen atoms in total. The molecule has 0 aliphatic rings. The summed E-state index contributed by atoms with van der Waals surface area (Å²) in [6.07, 6.45) is 2.88. The van der Waals surface area contributed by atoms with Crippen LogP contribution in [0.25, 0.3) is 0 Å². The predicted molar refractivity (Wildman–Crippen MR) is 63.0 cm³/mol. The Hall–Kier alpha value is -2.43. The molecule has 0 radical (unpaired) electrons. The monoisotopic (exact) mass is 229 g/mol. The van der Waals surface area contributed by atoms with E-state index in [2.05, 4.69) is 15.5 Å². The molecule has 0 saturated heterocycles. The van der Waals surface area contributed by atoms with Gasteiger partial charge in [0.1, 0.15) is 5.75 Å². The average molecular weight is 229 g/mol. The standard InChI is InChI=1S/C12H11N3O2/c1-17-11-5-3-2-4-10(11)15-12(16)9-6-7-13-14-8-9/h2-8H,1H3,(H,15,16). The van der Waals surface area contributed by atoms with Gasteiger partial charge < -0.3 is 10.1 Å². The Balaban J connectivity index is 2.19. The molecule has 86 valence electrons. The van der Waals surface area contributed by atoms with Crippen molar-refractivity contribution in [3.05, 3.63) is 48.3 Å². The summed E-state index contributed by atoms with van der Waals surface area (Å²) in [6.45, 7) is 0. The van der Waals surface area contributed by atoms with Crippen LogP contribution in [0, 0.1) is 0 Å². The molecule has 2 rings (SSSR count). The van der Waals surface area contributed by atoms with Crippen molar-refractivity contribution in [3.63, 3.8) is 0 Å². The Labute approximate surface area is 98.5 Å². The molecule has 5 heteroatoms. The van der Waals surface area contributed by atoms with Gasteiger partial charge in [0.25, 0.3) is 5.91 Å². The van der Waals surface area contributed by atoms with Gasteiger partial charge >= 0.3 is 0 Å². The summed E-state index contributed by atoms with van der Waals surface area (Å²) >= 11 is 0. The molecule has 17 heavy (non-hydrogen) atoms. The topological polar surface area (TPSA) is 64.1 Å². The molecule has 0 unspecified atom stereocenters. The van der Waals surface area contributed by atoms with Gasteiger partial charge in [-0.25, -0.2) is 0 Å². The van der Waals surface area contributed by atoms with E-state index in [9.17, 15) is 4.79 Å².